The molecule has 1 heterocycles. The summed E-state index contributed by atoms with van der Waals surface area (Å²) in [4.78, 5) is 0. The molecule has 1 fully saturated rings. The number of benzene rings is 1. The highest BCUT2D eigenvalue weighted by molar-refractivity contribution is 5.70. The molecule has 1 aliphatic heterocycles. The van der Waals surface area contributed by atoms with Gasteiger partial charge < -0.3 is 9.47 Å². The molecule has 5 rings (SSSR count). The van der Waals surface area contributed by atoms with E-state index in [0.717, 1.165) is 50.7 Å². The quantitative estimate of drug-likeness (QED) is 0.296. The van der Waals surface area contributed by atoms with Gasteiger partial charge >= 0.3 is 0 Å². The van der Waals surface area contributed by atoms with E-state index in [9.17, 15) is 8.78 Å². The van der Waals surface area contributed by atoms with Crippen LogP contribution in [0.25, 0.3) is 5.57 Å². The van der Waals surface area contributed by atoms with Crippen molar-refractivity contribution in [1.29, 1.82) is 0 Å². The molecular formula is C35H40F2O2. The second-order valence-electron chi connectivity index (χ2n) is 11.0. The van der Waals surface area contributed by atoms with Gasteiger partial charge in [-0.05, 0) is 110 Å². The van der Waals surface area contributed by atoms with Gasteiger partial charge in [-0.3, -0.25) is 0 Å². The van der Waals surface area contributed by atoms with E-state index in [0.29, 0.717) is 30.9 Å². The molecular weight excluding hydrogens is 490 g/mol. The topological polar surface area (TPSA) is 18.5 Å². The van der Waals surface area contributed by atoms with Crippen LogP contribution in [0.1, 0.15) is 88.4 Å². The fourth-order valence-electron chi connectivity index (χ4n) is 6.19. The molecule has 0 saturated carbocycles. The second kappa shape index (κ2) is 12.9. The van der Waals surface area contributed by atoms with Crippen molar-refractivity contribution in [3.05, 3.63) is 112 Å². The minimum absolute atomic E-state index is 0.145. The lowest BCUT2D eigenvalue weighted by Gasteiger charge is -2.29. The van der Waals surface area contributed by atoms with Crippen LogP contribution in [0.5, 0.6) is 0 Å². The predicted molar refractivity (Wildman–Crippen MR) is 155 cm³/mol. The summed E-state index contributed by atoms with van der Waals surface area (Å²) in [5.74, 6) is -0.765. The maximum atomic E-state index is 14.7. The van der Waals surface area contributed by atoms with E-state index < -0.39 is 11.7 Å². The molecule has 206 valence electrons. The number of hydrogen-bond acceptors (Lipinski definition) is 2. The summed E-state index contributed by atoms with van der Waals surface area (Å²) >= 11 is 0. The minimum atomic E-state index is -0.825. The molecule has 39 heavy (non-hydrogen) atoms. The van der Waals surface area contributed by atoms with Crippen LogP contribution in [0.4, 0.5) is 8.78 Å². The first-order valence-corrected chi connectivity index (χ1v) is 14.6. The van der Waals surface area contributed by atoms with Crippen LogP contribution in [0.3, 0.4) is 0 Å². The Balaban J connectivity index is 1.21. The normalized spacial score (nSPS) is 24.1. The van der Waals surface area contributed by atoms with Gasteiger partial charge in [0.1, 0.15) is 5.76 Å². The third-order valence-corrected chi connectivity index (χ3v) is 8.52. The Bertz CT molecular complexity index is 1250. The van der Waals surface area contributed by atoms with Crippen molar-refractivity contribution in [2.24, 2.45) is 5.92 Å². The molecule has 0 amide bonds. The van der Waals surface area contributed by atoms with E-state index >= 15 is 0 Å². The Labute approximate surface area is 232 Å². The van der Waals surface area contributed by atoms with Crippen LogP contribution in [-0.4, -0.2) is 13.2 Å². The number of allylic oxidation sites excluding steroid dienone is 13. The van der Waals surface area contributed by atoms with Crippen molar-refractivity contribution >= 4 is 5.57 Å². The van der Waals surface area contributed by atoms with Gasteiger partial charge in [0.15, 0.2) is 11.7 Å². The smallest absolute Gasteiger partial charge is 0.196 e. The summed E-state index contributed by atoms with van der Waals surface area (Å²) in [5, 5.41) is 0. The van der Waals surface area contributed by atoms with Gasteiger partial charge in [-0.1, -0.05) is 54.6 Å². The van der Waals surface area contributed by atoms with Crippen molar-refractivity contribution in [3.8, 4) is 0 Å². The molecule has 0 N–H and O–H groups in total. The van der Waals surface area contributed by atoms with Gasteiger partial charge in [0.2, 0.25) is 0 Å². The largest absolute Gasteiger partial charge is 0.495 e. The molecule has 3 aliphatic carbocycles. The molecule has 0 aromatic heterocycles. The molecule has 4 heteroatoms. The van der Waals surface area contributed by atoms with E-state index in [4.69, 9.17) is 9.47 Å². The van der Waals surface area contributed by atoms with E-state index in [-0.39, 0.29) is 11.9 Å². The first kappa shape index (κ1) is 27.6. The lowest BCUT2D eigenvalue weighted by atomic mass is 9.83. The fraction of sp³-hybridized carbons (Fsp3) is 0.429. The average molecular weight is 531 g/mol. The van der Waals surface area contributed by atoms with Crippen LogP contribution >= 0.6 is 0 Å². The van der Waals surface area contributed by atoms with Crippen LogP contribution in [0.15, 0.2) is 101 Å². The first-order valence-electron chi connectivity index (χ1n) is 14.6. The Morgan fingerprint density at radius 2 is 1.51 bits per heavy atom. The first-order chi connectivity index (χ1) is 19.1. The van der Waals surface area contributed by atoms with Crippen LogP contribution < -0.4 is 0 Å². The van der Waals surface area contributed by atoms with Crippen LogP contribution in [-0.2, 0) is 9.47 Å². The van der Waals surface area contributed by atoms with E-state index in [1.807, 2.05) is 12.2 Å². The van der Waals surface area contributed by atoms with E-state index in [2.05, 4.69) is 49.1 Å². The van der Waals surface area contributed by atoms with E-state index in [1.165, 1.54) is 40.7 Å². The molecule has 2 atom stereocenters. The number of halogens is 2. The third-order valence-electron chi connectivity index (χ3n) is 8.52. The summed E-state index contributed by atoms with van der Waals surface area (Å²) < 4.78 is 40.6. The van der Waals surface area contributed by atoms with E-state index in [1.54, 1.807) is 6.92 Å². The molecule has 1 saturated heterocycles. The van der Waals surface area contributed by atoms with Gasteiger partial charge in [0, 0.05) is 6.42 Å². The zero-order valence-electron chi connectivity index (χ0n) is 23.1. The molecule has 4 aliphatic rings. The monoisotopic (exact) mass is 530 g/mol. The zero-order valence-corrected chi connectivity index (χ0v) is 23.1. The summed E-state index contributed by atoms with van der Waals surface area (Å²) in [6.45, 7) is 6.82. The highest BCUT2D eigenvalue weighted by Crippen LogP contribution is 2.41. The predicted octanol–water partition coefficient (Wildman–Crippen LogP) is 10.1. The maximum absolute atomic E-state index is 14.7. The van der Waals surface area contributed by atoms with Gasteiger partial charge in [-0.25, -0.2) is 8.78 Å². The van der Waals surface area contributed by atoms with Crippen molar-refractivity contribution in [1.82, 2.24) is 0 Å². The number of hydrogen-bond donors (Lipinski definition) is 0. The molecule has 0 radical (unpaired) electrons. The Morgan fingerprint density at radius 3 is 2.10 bits per heavy atom. The van der Waals surface area contributed by atoms with Crippen molar-refractivity contribution < 1.29 is 18.3 Å². The zero-order chi connectivity index (χ0) is 27.2. The summed E-state index contributed by atoms with van der Waals surface area (Å²) in [6.07, 6.45) is 19.8. The molecule has 0 bridgehead atoms. The maximum Gasteiger partial charge on any atom is 0.196 e. The highest BCUT2D eigenvalue weighted by atomic mass is 19.2. The Kier molecular flexibility index (Phi) is 9.13. The second-order valence-corrected chi connectivity index (χ2v) is 11.0. The lowest BCUT2D eigenvalue weighted by Crippen LogP contribution is -2.20. The van der Waals surface area contributed by atoms with Gasteiger partial charge in [-0.2, -0.15) is 0 Å². The van der Waals surface area contributed by atoms with Crippen LogP contribution in [0, 0.1) is 5.92 Å². The molecule has 2 nitrogen and oxygen atoms in total. The third kappa shape index (κ3) is 6.44. The summed E-state index contributed by atoms with van der Waals surface area (Å²) in [5.41, 5.74) is 7.95. The van der Waals surface area contributed by atoms with Crippen LogP contribution in [0.2, 0.25) is 0 Å². The SMILES string of the molecule is C=CCCC1CCC(c2ccc(C3=CC=C(C4=CC=C(C5=C(F)C(F)=C(OCC)CC5)CC4)CC3)cc2)OC1. The molecule has 2 unspecified atom stereocenters. The Hall–Kier alpha value is -2.98. The van der Waals surface area contributed by atoms with Gasteiger partial charge in [0.05, 0.1) is 19.3 Å². The minimum Gasteiger partial charge on any atom is -0.495 e. The lowest BCUT2D eigenvalue weighted by molar-refractivity contribution is -0.0190. The highest BCUT2D eigenvalue weighted by Gasteiger charge is 2.27. The number of ether oxygens (including phenoxy) is 2. The van der Waals surface area contributed by atoms with Gasteiger partial charge in [0.25, 0.3) is 0 Å². The van der Waals surface area contributed by atoms with Crippen molar-refractivity contribution in [2.75, 3.05) is 13.2 Å². The standard InChI is InChI=1S/C35H40F2O2/c1-3-5-6-24-7-21-32(39-23-24)30-18-14-28(15-19-30)26-10-8-25(9-11-26)27-12-16-29(17-13-27)31-20-22-33(38-4-2)35(37)34(31)36/h3,8,10,12,14-16,18-19,24,32H,1,4-7,9,11,13,17,20-23H2,2H3. The van der Waals surface area contributed by atoms with Gasteiger partial charge in [-0.15, -0.1) is 6.58 Å². The molecule has 0 spiro atoms. The van der Waals surface area contributed by atoms with Crippen molar-refractivity contribution in [3.63, 3.8) is 0 Å². The molecule has 1 aromatic rings. The number of rotatable bonds is 9. The van der Waals surface area contributed by atoms with Crippen molar-refractivity contribution in [2.45, 2.75) is 77.2 Å². The Morgan fingerprint density at radius 1 is 0.846 bits per heavy atom. The fourth-order valence-corrected chi connectivity index (χ4v) is 6.19. The summed E-state index contributed by atoms with van der Waals surface area (Å²) in [7, 11) is 0. The summed E-state index contributed by atoms with van der Waals surface area (Å²) in [6, 6.07) is 8.93. The molecule has 1 aromatic carbocycles. The average Bonchev–Trinajstić information content (AvgIpc) is 2.99.